The fraction of sp³-hybridized carbons (Fsp3) is 0.400. The van der Waals surface area contributed by atoms with E-state index in [0.717, 1.165) is 47.8 Å². The van der Waals surface area contributed by atoms with Gasteiger partial charge in [0.2, 0.25) is 5.96 Å². The van der Waals surface area contributed by atoms with Gasteiger partial charge >= 0.3 is 5.97 Å². The Morgan fingerprint density at radius 1 is 0.977 bits per heavy atom. The van der Waals surface area contributed by atoms with E-state index >= 15 is 0 Å². The maximum atomic E-state index is 13.0. The predicted molar refractivity (Wildman–Crippen MR) is 175 cm³/mol. The molecular weight excluding hydrogens is 538 g/mol. The van der Waals surface area contributed by atoms with E-state index in [1.54, 1.807) is 0 Å². The summed E-state index contributed by atoms with van der Waals surface area (Å²) in [6.45, 7) is 14.8. The Morgan fingerprint density at radius 3 is 2.28 bits per heavy atom. The number of benzene rings is 3. The summed E-state index contributed by atoms with van der Waals surface area (Å²) in [5, 5.41) is 6.67. The van der Waals surface area contributed by atoms with Gasteiger partial charge in [0, 0.05) is 30.9 Å². The lowest BCUT2D eigenvalue weighted by molar-refractivity contribution is -0.157. The zero-order valence-corrected chi connectivity index (χ0v) is 26.0. The Balaban J connectivity index is 1.27. The smallest absolute Gasteiger partial charge is 0.328 e. The highest BCUT2D eigenvalue weighted by molar-refractivity contribution is 6.00. The second kappa shape index (κ2) is 15.5. The molecule has 0 bridgehead atoms. The first kappa shape index (κ1) is 31.9. The first-order valence-corrected chi connectivity index (χ1v) is 15.1. The van der Waals surface area contributed by atoms with Crippen LogP contribution >= 0.6 is 0 Å². The van der Waals surface area contributed by atoms with E-state index in [-0.39, 0.29) is 11.9 Å². The Bertz CT molecular complexity index is 1340. The molecule has 1 unspecified atom stereocenters. The van der Waals surface area contributed by atoms with Crippen LogP contribution in [0.5, 0.6) is 5.75 Å². The summed E-state index contributed by atoms with van der Waals surface area (Å²) in [5.74, 6) is 1.27. The van der Waals surface area contributed by atoms with Crippen LogP contribution in [0.15, 0.2) is 88.8 Å². The third-order valence-electron chi connectivity index (χ3n) is 7.19. The zero-order chi connectivity index (χ0) is 30.7. The molecular formula is C35H45N5O3. The van der Waals surface area contributed by atoms with E-state index < -0.39 is 11.6 Å². The number of esters is 1. The van der Waals surface area contributed by atoms with Crippen LogP contribution in [0.4, 0.5) is 5.69 Å². The minimum Gasteiger partial charge on any atom is -0.492 e. The molecule has 1 aliphatic heterocycles. The summed E-state index contributed by atoms with van der Waals surface area (Å²) in [5.41, 5.74) is 3.46. The van der Waals surface area contributed by atoms with Crippen molar-refractivity contribution in [2.24, 2.45) is 9.98 Å². The monoisotopic (exact) mass is 583 g/mol. The summed E-state index contributed by atoms with van der Waals surface area (Å²) < 4.78 is 11.6. The van der Waals surface area contributed by atoms with Gasteiger partial charge in [-0.1, -0.05) is 68.4 Å². The highest BCUT2D eigenvalue weighted by Crippen LogP contribution is 2.22. The highest BCUT2D eigenvalue weighted by Gasteiger charge is 2.26. The lowest BCUT2D eigenvalue weighted by atomic mass is 9.98. The molecule has 228 valence electrons. The molecule has 0 radical (unpaired) electrons. The number of hydrogen-bond acceptors (Lipinski definition) is 8. The maximum Gasteiger partial charge on any atom is 0.328 e. The number of guanidine groups is 1. The van der Waals surface area contributed by atoms with Crippen molar-refractivity contribution < 1.29 is 14.3 Å². The molecule has 0 saturated heterocycles. The minimum atomic E-state index is -0.558. The number of nitrogens with one attached hydrogen (secondary N) is 2. The average molecular weight is 584 g/mol. The standard InChI is InChI=1S/C35H45N5O3/c1-6-40(7-2)21-22-42-31-19-17-30(18-20-31)39-34-37-24-29(25-38-34)27-15-13-26(14-16-27)23-36-32(28-11-9-8-10-12-28)33(41)43-35(3,4)5/h8-20,24,29,32,36H,6-7,21-23,25H2,1-5H3,(H,38,39)/t29?,32-/m0/s1. The Hall–Kier alpha value is -4.01. The van der Waals surface area contributed by atoms with Gasteiger partial charge in [-0.15, -0.1) is 0 Å². The van der Waals surface area contributed by atoms with Gasteiger partial charge in [-0.3, -0.25) is 10.3 Å². The molecule has 8 heteroatoms. The van der Waals surface area contributed by atoms with Crippen LogP contribution in [0, 0.1) is 0 Å². The van der Waals surface area contributed by atoms with Gasteiger partial charge in [0.1, 0.15) is 24.0 Å². The van der Waals surface area contributed by atoms with Crippen molar-refractivity contribution in [1.82, 2.24) is 10.2 Å². The fourth-order valence-corrected chi connectivity index (χ4v) is 4.74. The van der Waals surface area contributed by atoms with E-state index in [0.29, 0.717) is 25.7 Å². The molecule has 3 aromatic carbocycles. The third kappa shape index (κ3) is 10.0. The Morgan fingerprint density at radius 2 is 1.67 bits per heavy atom. The first-order chi connectivity index (χ1) is 20.7. The van der Waals surface area contributed by atoms with Crippen molar-refractivity contribution >= 4 is 23.8 Å². The van der Waals surface area contributed by atoms with Crippen LogP contribution in [0.2, 0.25) is 0 Å². The molecule has 1 aliphatic rings. The van der Waals surface area contributed by atoms with E-state index in [1.165, 1.54) is 0 Å². The van der Waals surface area contributed by atoms with Crippen molar-refractivity contribution in [3.63, 3.8) is 0 Å². The second-order valence-corrected chi connectivity index (χ2v) is 11.6. The van der Waals surface area contributed by atoms with Gasteiger partial charge in [-0.05, 0) is 74.8 Å². The quantitative estimate of drug-likeness (QED) is 0.233. The molecule has 1 heterocycles. The summed E-state index contributed by atoms with van der Waals surface area (Å²) in [6, 6.07) is 25.4. The second-order valence-electron chi connectivity index (χ2n) is 11.6. The lowest BCUT2D eigenvalue weighted by Crippen LogP contribution is -2.34. The normalized spacial score (nSPS) is 15.6. The highest BCUT2D eigenvalue weighted by atomic mass is 16.6. The van der Waals surface area contributed by atoms with Gasteiger partial charge in [-0.25, -0.2) is 9.79 Å². The molecule has 8 nitrogen and oxygen atoms in total. The fourth-order valence-electron chi connectivity index (χ4n) is 4.74. The summed E-state index contributed by atoms with van der Waals surface area (Å²) in [7, 11) is 0. The van der Waals surface area contributed by atoms with Crippen LogP contribution in [0.25, 0.3) is 0 Å². The van der Waals surface area contributed by atoms with E-state index in [2.05, 4.69) is 63.6 Å². The molecule has 2 N–H and O–H groups in total. The molecule has 0 amide bonds. The SMILES string of the molecule is CCN(CC)CCOc1ccc(NC2=NCC(c3ccc(CN[C@H](C(=O)OC(C)(C)C)c4ccccc4)cc3)C=N2)cc1. The third-order valence-corrected chi connectivity index (χ3v) is 7.19. The van der Waals surface area contributed by atoms with E-state index in [9.17, 15) is 4.79 Å². The van der Waals surface area contributed by atoms with Gasteiger partial charge in [0.05, 0.1) is 6.54 Å². The topological polar surface area (TPSA) is 87.6 Å². The number of carbonyl (C=O) groups excluding carboxylic acids is 1. The van der Waals surface area contributed by atoms with E-state index in [1.807, 2.05) is 81.6 Å². The molecule has 0 aliphatic carbocycles. The van der Waals surface area contributed by atoms with Crippen molar-refractivity contribution in [2.75, 3.05) is 38.1 Å². The van der Waals surface area contributed by atoms with Gasteiger partial charge in [-0.2, -0.15) is 0 Å². The predicted octanol–water partition coefficient (Wildman–Crippen LogP) is 6.22. The number of hydrogen-bond donors (Lipinski definition) is 2. The van der Waals surface area contributed by atoms with Crippen molar-refractivity contribution in [3.05, 3.63) is 95.6 Å². The van der Waals surface area contributed by atoms with Gasteiger partial charge < -0.3 is 19.7 Å². The van der Waals surface area contributed by atoms with Gasteiger partial charge in [0.15, 0.2) is 0 Å². The van der Waals surface area contributed by atoms with Crippen LogP contribution in [-0.4, -0.2) is 61.4 Å². The first-order valence-electron chi connectivity index (χ1n) is 15.1. The lowest BCUT2D eigenvalue weighted by Gasteiger charge is -2.25. The molecule has 0 aromatic heterocycles. The zero-order valence-electron chi connectivity index (χ0n) is 26.0. The number of rotatable bonds is 13. The van der Waals surface area contributed by atoms with Crippen molar-refractivity contribution in [3.8, 4) is 5.75 Å². The number of aliphatic imine (C=N–C) groups is 2. The number of anilines is 1. The molecule has 2 atom stereocenters. The Kier molecular flexibility index (Phi) is 11.5. The average Bonchev–Trinajstić information content (AvgIpc) is 3.01. The van der Waals surface area contributed by atoms with Crippen LogP contribution < -0.4 is 15.4 Å². The molecule has 0 fully saturated rings. The van der Waals surface area contributed by atoms with Crippen LogP contribution in [0.1, 0.15) is 63.3 Å². The Labute approximate surface area is 256 Å². The number of carbonyl (C=O) groups is 1. The van der Waals surface area contributed by atoms with Crippen molar-refractivity contribution in [2.45, 2.75) is 58.7 Å². The van der Waals surface area contributed by atoms with E-state index in [4.69, 9.17) is 9.47 Å². The number of nitrogens with zero attached hydrogens (tertiary/aromatic N) is 3. The largest absolute Gasteiger partial charge is 0.492 e. The van der Waals surface area contributed by atoms with Crippen molar-refractivity contribution in [1.29, 1.82) is 0 Å². The van der Waals surface area contributed by atoms with Crippen LogP contribution in [0.3, 0.4) is 0 Å². The summed E-state index contributed by atoms with van der Waals surface area (Å²) in [4.78, 5) is 24.5. The molecule has 4 rings (SSSR count). The summed E-state index contributed by atoms with van der Waals surface area (Å²) in [6.07, 6.45) is 1.95. The molecule has 0 spiro atoms. The van der Waals surface area contributed by atoms with Crippen LogP contribution in [-0.2, 0) is 16.1 Å². The molecule has 0 saturated carbocycles. The molecule has 3 aromatic rings. The number of likely N-dealkylation sites (N-methyl/N-ethyl adjacent to an activating group) is 1. The minimum absolute atomic E-state index is 0.105. The van der Waals surface area contributed by atoms with Gasteiger partial charge in [0.25, 0.3) is 0 Å². The maximum absolute atomic E-state index is 13.0. The number of ether oxygens (including phenoxy) is 2. The summed E-state index contributed by atoms with van der Waals surface area (Å²) >= 11 is 0. The molecule has 43 heavy (non-hydrogen) atoms.